The van der Waals surface area contributed by atoms with Gasteiger partial charge in [-0.3, -0.25) is 0 Å². The average Bonchev–Trinajstić information content (AvgIpc) is 2.52. The number of nitrogens with zero attached hydrogens (tertiary/aromatic N) is 1. The summed E-state index contributed by atoms with van der Waals surface area (Å²) in [6.45, 7) is 3.81. The molecule has 0 aromatic carbocycles. The quantitative estimate of drug-likeness (QED) is 0.695. The number of methoxy groups -OCH3 is 1. The lowest BCUT2D eigenvalue weighted by Gasteiger charge is -2.11. The molecular weight excluding hydrogens is 164 g/mol. The van der Waals surface area contributed by atoms with Crippen molar-refractivity contribution in [1.29, 1.82) is 0 Å². The zero-order valence-electron chi connectivity index (χ0n) is 8.58. The van der Waals surface area contributed by atoms with Crippen LogP contribution in [0.25, 0.3) is 0 Å². The first-order chi connectivity index (χ1) is 6.24. The van der Waals surface area contributed by atoms with Crippen molar-refractivity contribution in [1.82, 2.24) is 9.88 Å². The molecule has 0 aliphatic carbocycles. The molecule has 0 amide bonds. The Morgan fingerprint density at radius 1 is 1.62 bits per heavy atom. The van der Waals surface area contributed by atoms with E-state index in [0.29, 0.717) is 6.04 Å². The summed E-state index contributed by atoms with van der Waals surface area (Å²) < 4.78 is 7.02. The minimum Gasteiger partial charge on any atom is -0.383 e. The number of aryl methyl sites for hydroxylation is 1. The Labute approximate surface area is 79.7 Å². The first-order valence-corrected chi connectivity index (χ1v) is 4.58. The molecule has 1 aromatic heterocycles. The van der Waals surface area contributed by atoms with Gasteiger partial charge in [0.2, 0.25) is 0 Å². The molecule has 1 atom stereocenters. The minimum atomic E-state index is 0.399. The molecule has 0 spiro atoms. The molecule has 0 bridgehead atoms. The average molecular weight is 182 g/mol. The third kappa shape index (κ3) is 3.20. The standard InChI is InChI=1S/C10H18N2O/c1-9(11-5-7-13-3)10-4-6-12(2)8-10/h4,6,8-9,11H,5,7H2,1-3H3. The van der Waals surface area contributed by atoms with E-state index in [4.69, 9.17) is 4.74 Å². The number of hydrogen-bond donors (Lipinski definition) is 1. The molecule has 3 nitrogen and oxygen atoms in total. The normalized spacial score (nSPS) is 13.2. The highest BCUT2D eigenvalue weighted by Crippen LogP contribution is 2.10. The topological polar surface area (TPSA) is 26.2 Å². The number of ether oxygens (including phenoxy) is 1. The van der Waals surface area contributed by atoms with Crippen molar-refractivity contribution >= 4 is 0 Å². The van der Waals surface area contributed by atoms with Gasteiger partial charge in [0, 0.05) is 39.1 Å². The van der Waals surface area contributed by atoms with Crippen LogP contribution in [0.2, 0.25) is 0 Å². The minimum absolute atomic E-state index is 0.399. The van der Waals surface area contributed by atoms with E-state index in [9.17, 15) is 0 Å². The number of aromatic nitrogens is 1. The molecule has 1 heterocycles. The van der Waals surface area contributed by atoms with Crippen LogP contribution in [0.1, 0.15) is 18.5 Å². The number of nitrogens with one attached hydrogen (secondary N) is 1. The smallest absolute Gasteiger partial charge is 0.0587 e. The fraction of sp³-hybridized carbons (Fsp3) is 0.600. The summed E-state index contributed by atoms with van der Waals surface area (Å²) in [6, 6.07) is 2.53. The largest absolute Gasteiger partial charge is 0.383 e. The van der Waals surface area contributed by atoms with Crippen molar-refractivity contribution < 1.29 is 4.74 Å². The van der Waals surface area contributed by atoms with Crippen LogP contribution in [0.3, 0.4) is 0 Å². The molecule has 0 aliphatic rings. The second-order valence-electron chi connectivity index (χ2n) is 3.28. The Bertz CT molecular complexity index is 245. The van der Waals surface area contributed by atoms with Gasteiger partial charge >= 0.3 is 0 Å². The SMILES string of the molecule is COCCNC(C)c1ccn(C)c1. The van der Waals surface area contributed by atoms with Crippen molar-refractivity contribution in [3.8, 4) is 0 Å². The number of hydrogen-bond acceptors (Lipinski definition) is 2. The van der Waals surface area contributed by atoms with Gasteiger partial charge in [-0.1, -0.05) is 0 Å². The van der Waals surface area contributed by atoms with Gasteiger partial charge in [-0.2, -0.15) is 0 Å². The van der Waals surface area contributed by atoms with Crippen LogP contribution in [0.15, 0.2) is 18.5 Å². The summed E-state index contributed by atoms with van der Waals surface area (Å²) in [5, 5.41) is 3.37. The van der Waals surface area contributed by atoms with E-state index < -0.39 is 0 Å². The maximum atomic E-state index is 4.97. The predicted octanol–water partition coefficient (Wildman–Crippen LogP) is 1.32. The van der Waals surface area contributed by atoms with Crippen LogP contribution in [0, 0.1) is 0 Å². The van der Waals surface area contributed by atoms with Crippen LogP contribution < -0.4 is 5.32 Å². The monoisotopic (exact) mass is 182 g/mol. The lowest BCUT2D eigenvalue weighted by atomic mass is 10.2. The highest BCUT2D eigenvalue weighted by atomic mass is 16.5. The van der Waals surface area contributed by atoms with E-state index in [-0.39, 0.29) is 0 Å². The first-order valence-electron chi connectivity index (χ1n) is 4.58. The Kier molecular flexibility index (Phi) is 3.99. The Balaban J connectivity index is 2.35. The van der Waals surface area contributed by atoms with Gasteiger partial charge < -0.3 is 14.6 Å². The lowest BCUT2D eigenvalue weighted by molar-refractivity contribution is 0.196. The highest BCUT2D eigenvalue weighted by Gasteiger charge is 2.04. The summed E-state index contributed by atoms with van der Waals surface area (Å²) in [7, 11) is 3.75. The van der Waals surface area contributed by atoms with Gasteiger partial charge in [0.15, 0.2) is 0 Å². The van der Waals surface area contributed by atoms with E-state index in [0.717, 1.165) is 13.2 Å². The molecule has 74 valence electrons. The van der Waals surface area contributed by atoms with E-state index in [2.05, 4.69) is 35.3 Å². The van der Waals surface area contributed by atoms with E-state index >= 15 is 0 Å². The maximum Gasteiger partial charge on any atom is 0.0587 e. The molecule has 0 radical (unpaired) electrons. The second-order valence-corrected chi connectivity index (χ2v) is 3.28. The second kappa shape index (κ2) is 5.04. The summed E-state index contributed by atoms with van der Waals surface area (Å²) in [5.74, 6) is 0. The van der Waals surface area contributed by atoms with Gasteiger partial charge in [-0.05, 0) is 18.6 Å². The highest BCUT2D eigenvalue weighted by molar-refractivity contribution is 5.14. The van der Waals surface area contributed by atoms with Crippen molar-refractivity contribution in [2.45, 2.75) is 13.0 Å². The fourth-order valence-electron chi connectivity index (χ4n) is 1.28. The Morgan fingerprint density at radius 3 is 2.92 bits per heavy atom. The summed E-state index contributed by atoms with van der Waals surface area (Å²) >= 11 is 0. The molecule has 0 saturated carbocycles. The van der Waals surface area contributed by atoms with Gasteiger partial charge in [0.1, 0.15) is 0 Å². The van der Waals surface area contributed by atoms with Gasteiger partial charge in [-0.15, -0.1) is 0 Å². The number of rotatable bonds is 5. The zero-order chi connectivity index (χ0) is 9.68. The lowest BCUT2D eigenvalue weighted by Crippen LogP contribution is -2.22. The van der Waals surface area contributed by atoms with E-state index in [1.165, 1.54) is 5.56 Å². The van der Waals surface area contributed by atoms with Crippen LogP contribution >= 0.6 is 0 Å². The Hall–Kier alpha value is -0.800. The van der Waals surface area contributed by atoms with Gasteiger partial charge in [0.25, 0.3) is 0 Å². The molecule has 0 aliphatic heterocycles. The molecule has 1 unspecified atom stereocenters. The van der Waals surface area contributed by atoms with Crippen molar-refractivity contribution in [2.75, 3.05) is 20.3 Å². The molecule has 1 rings (SSSR count). The van der Waals surface area contributed by atoms with Crippen LogP contribution in [-0.2, 0) is 11.8 Å². The van der Waals surface area contributed by atoms with Crippen LogP contribution in [0.5, 0.6) is 0 Å². The molecule has 1 aromatic rings. The van der Waals surface area contributed by atoms with Crippen LogP contribution in [-0.4, -0.2) is 24.8 Å². The molecular formula is C10H18N2O. The molecule has 0 fully saturated rings. The van der Waals surface area contributed by atoms with E-state index in [1.54, 1.807) is 7.11 Å². The van der Waals surface area contributed by atoms with Crippen molar-refractivity contribution in [3.63, 3.8) is 0 Å². The molecule has 1 N–H and O–H groups in total. The fourth-order valence-corrected chi connectivity index (χ4v) is 1.28. The van der Waals surface area contributed by atoms with Crippen LogP contribution in [0.4, 0.5) is 0 Å². The third-order valence-electron chi connectivity index (χ3n) is 2.11. The summed E-state index contributed by atoms with van der Waals surface area (Å²) in [4.78, 5) is 0. The summed E-state index contributed by atoms with van der Waals surface area (Å²) in [5.41, 5.74) is 1.32. The summed E-state index contributed by atoms with van der Waals surface area (Å²) in [6.07, 6.45) is 4.19. The third-order valence-corrected chi connectivity index (χ3v) is 2.11. The maximum absolute atomic E-state index is 4.97. The van der Waals surface area contributed by atoms with Crippen molar-refractivity contribution in [3.05, 3.63) is 24.0 Å². The molecule has 3 heteroatoms. The van der Waals surface area contributed by atoms with Gasteiger partial charge in [-0.25, -0.2) is 0 Å². The van der Waals surface area contributed by atoms with Gasteiger partial charge in [0.05, 0.1) is 6.61 Å². The van der Waals surface area contributed by atoms with Crippen molar-refractivity contribution in [2.24, 2.45) is 7.05 Å². The molecule has 13 heavy (non-hydrogen) atoms. The predicted molar refractivity (Wildman–Crippen MR) is 53.7 cm³/mol. The Morgan fingerprint density at radius 2 is 2.38 bits per heavy atom. The van der Waals surface area contributed by atoms with E-state index in [1.807, 2.05) is 7.05 Å². The molecule has 0 saturated heterocycles. The zero-order valence-corrected chi connectivity index (χ0v) is 8.58. The first kappa shape index (κ1) is 10.3.